The molecule has 174 valence electrons. The Morgan fingerprint density at radius 3 is 2.45 bits per heavy atom. The number of sulfonamides is 1. The van der Waals surface area contributed by atoms with E-state index in [0.29, 0.717) is 17.8 Å². The van der Waals surface area contributed by atoms with Crippen LogP contribution in [0, 0.1) is 5.82 Å². The van der Waals surface area contributed by atoms with Crippen LogP contribution in [0.4, 0.5) is 4.39 Å². The maximum Gasteiger partial charge on any atom is 0.325 e. The van der Waals surface area contributed by atoms with Crippen LogP contribution in [0.1, 0.15) is 29.6 Å². The highest BCUT2D eigenvalue weighted by Gasteiger charge is 2.26. The number of aromatic nitrogens is 1. The van der Waals surface area contributed by atoms with Gasteiger partial charge in [0.2, 0.25) is 10.0 Å². The predicted molar refractivity (Wildman–Crippen MR) is 121 cm³/mol. The summed E-state index contributed by atoms with van der Waals surface area (Å²) < 4.78 is 48.0. The van der Waals surface area contributed by atoms with E-state index >= 15 is 0 Å². The highest BCUT2D eigenvalue weighted by molar-refractivity contribution is 7.89. The molecule has 8 nitrogen and oxygen atoms in total. The van der Waals surface area contributed by atoms with Crippen molar-refractivity contribution in [3.05, 3.63) is 58.6 Å². The summed E-state index contributed by atoms with van der Waals surface area (Å²) in [6, 6.07) is 10.0. The van der Waals surface area contributed by atoms with Crippen LogP contribution < -0.4 is 4.80 Å². The van der Waals surface area contributed by atoms with Gasteiger partial charge in [-0.25, -0.2) is 12.8 Å². The van der Waals surface area contributed by atoms with Crippen LogP contribution in [-0.2, 0) is 26.1 Å². The monoisotopic (exact) mass is 491 g/mol. The van der Waals surface area contributed by atoms with E-state index < -0.39 is 27.7 Å². The molecule has 2 heterocycles. The van der Waals surface area contributed by atoms with Gasteiger partial charge in [0.25, 0.3) is 5.91 Å². The predicted octanol–water partition coefficient (Wildman–Crippen LogP) is 2.93. The van der Waals surface area contributed by atoms with Gasteiger partial charge in [0, 0.05) is 18.7 Å². The molecule has 0 unspecified atom stereocenters. The molecule has 2 aromatic carbocycles. The summed E-state index contributed by atoms with van der Waals surface area (Å²) in [6.07, 6.45) is 2.67. The van der Waals surface area contributed by atoms with Crippen molar-refractivity contribution in [2.24, 2.45) is 4.99 Å². The van der Waals surface area contributed by atoms with Crippen molar-refractivity contribution in [2.45, 2.75) is 30.7 Å². The zero-order valence-corrected chi connectivity index (χ0v) is 19.5. The lowest BCUT2D eigenvalue weighted by Crippen LogP contribution is -2.35. The Kier molecular flexibility index (Phi) is 6.73. The minimum atomic E-state index is -3.61. The SMILES string of the molecule is COC(=O)Cn1c(=NC(=O)c2ccc(S(=O)(=O)N3CCCCC3)cc2)sc2cccc(F)c21. The Balaban J connectivity index is 1.68. The first-order valence-electron chi connectivity index (χ1n) is 10.3. The fourth-order valence-electron chi connectivity index (χ4n) is 3.69. The first-order chi connectivity index (χ1) is 15.8. The second-order valence-electron chi connectivity index (χ2n) is 7.54. The maximum atomic E-state index is 14.4. The number of rotatable bonds is 5. The number of carbonyl (C=O) groups excluding carboxylic acids is 2. The number of thiazole rings is 1. The maximum absolute atomic E-state index is 14.4. The topological polar surface area (TPSA) is 98.0 Å². The van der Waals surface area contributed by atoms with Crippen molar-refractivity contribution in [2.75, 3.05) is 20.2 Å². The van der Waals surface area contributed by atoms with Crippen LogP contribution in [0.25, 0.3) is 10.2 Å². The molecule has 0 aliphatic carbocycles. The van der Waals surface area contributed by atoms with Gasteiger partial charge in [-0.05, 0) is 49.2 Å². The minimum Gasteiger partial charge on any atom is -0.468 e. The van der Waals surface area contributed by atoms with Gasteiger partial charge < -0.3 is 9.30 Å². The quantitative estimate of drug-likeness (QED) is 0.511. The molecule has 1 fully saturated rings. The number of methoxy groups -OCH3 is 1. The Bertz CT molecular complexity index is 1370. The molecule has 0 N–H and O–H groups in total. The lowest BCUT2D eigenvalue weighted by molar-refractivity contribution is -0.141. The number of fused-ring (bicyclic) bond motifs is 1. The minimum absolute atomic E-state index is 0.116. The molecule has 0 spiro atoms. The second-order valence-corrected chi connectivity index (χ2v) is 10.5. The molecule has 3 aromatic rings. The summed E-state index contributed by atoms with van der Waals surface area (Å²) >= 11 is 1.06. The van der Waals surface area contributed by atoms with E-state index in [1.807, 2.05) is 0 Å². The molecule has 4 rings (SSSR count). The fourth-order valence-corrected chi connectivity index (χ4v) is 6.25. The number of carbonyl (C=O) groups is 2. The Morgan fingerprint density at radius 2 is 1.79 bits per heavy atom. The number of hydrogen-bond donors (Lipinski definition) is 0. The summed E-state index contributed by atoms with van der Waals surface area (Å²) in [5.41, 5.74) is 0.331. The van der Waals surface area contributed by atoms with Gasteiger partial charge in [0.15, 0.2) is 4.80 Å². The highest BCUT2D eigenvalue weighted by atomic mass is 32.2. The van der Waals surface area contributed by atoms with Gasteiger partial charge in [0.1, 0.15) is 12.4 Å². The third-order valence-electron chi connectivity index (χ3n) is 5.42. The second kappa shape index (κ2) is 9.54. The van der Waals surface area contributed by atoms with E-state index in [1.165, 1.54) is 52.4 Å². The summed E-state index contributed by atoms with van der Waals surface area (Å²) in [7, 11) is -2.39. The van der Waals surface area contributed by atoms with Crippen LogP contribution in [0.15, 0.2) is 52.4 Å². The zero-order valence-electron chi connectivity index (χ0n) is 17.9. The summed E-state index contributed by atoms with van der Waals surface area (Å²) in [5.74, 6) is -1.80. The molecule has 0 bridgehead atoms. The van der Waals surface area contributed by atoms with Gasteiger partial charge in [-0.15, -0.1) is 0 Å². The lowest BCUT2D eigenvalue weighted by atomic mass is 10.2. The van der Waals surface area contributed by atoms with E-state index in [1.54, 1.807) is 6.07 Å². The summed E-state index contributed by atoms with van der Waals surface area (Å²) in [5, 5.41) is 0. The van der Waals surface area contributed by atoms with Crippen molar-refractivity contribution in [3.63, 3.8) is 0 Å². The van der Waals surface area contributed by atoms with Crippen LogP contribution >= 0.6 is 11.3 Å². The summed E-state index contributed by atoms with van der Waals surface area (Å²) in [4.78, 5) is 29.0. The van der Waals surface area contributed by atoms with Gasteiger partial charge >= 0.3 is 5.97 Å². The standard InChI is InChI=1S/C22H22FN3O5S2/c1-31-19(27)14-26-20-17(23)6-5-7-18(20)32-22(26)24-21(28)15-8-10-16(11-9-15)33(29,30)25-12-3-2-4-13-25/h5-11H,2-4,12-14H2,1H3. The number of benzene rings is 2. The van der Waals surface area contributed by atoms with Crippen LogP contribution in [0.3, 0.4) is 0 Å². The molecule has 1 aliphatic heterocycles. The molecule has 0 atom stereocenters. The highest BCUT2D eigenvalue weighted by Crippen LogP contribution is 2.22. The van der Waals surface area contributed by atoms with Gasteiger partial charge in [-0.3, -0.25) is 9.59 Å². The Morgan fingerprint density at radius 1 is 1.09 bits per heavy atom. The van der Waals surface area contributed by atoms with Crippen molar-refractivity contribution in [3.8, 4) is 0 Å². The average molecular weight is 492 g/mol. The zero-order chi connectivity index (χ0) is 23.6. The molecule has 11 heteroatoms. The molecular formula is C22H22FN3O5S2. The smallest absolute Gasteiger partial charge is 0.325 e. The van der Waals surface area contributed by atoms with Crippen LogP contribution in [0.2, 0.25) is 0 Å². The number of esters is 1. The number of hydrogen-bond acceptors (Lipinski definition) is 6. The Labute approximate surface area is 194 Å². The number of ether oxygens (including phenoxy) is 1. The first-order valence-corrected chi connectivity index (χ1v) is 12.6. The molecule has 1 aromatic heterocycles. The number of para-hydroxylation sites is 1. The molecule has 1 aliphatic rings. The van der Waals surface area contributed by atoms with Crippen molar-refractivity contribution < 1.29 is 27.1 Å². The van der Waals surface area contributed by atoms with E-state index in [2.05, 4.69) is 9.73 Å². The molecule has 1 amide bonds. The van der Waals surface area contributed by atoms with Crippen molar-refractivity contribution >= 4 is 43.5 Å². The normalized spacial score (nSPS) is 15.6. The fraction of sp³-hybridized carbons (Fsp3) is 0.318. The number of nitrogens with zero attached hydrogens (tertiary/aromatic N) is 3. The largest absolute Gasteiger partial charge is 0.468 e. The number of halogens is 1. The van der Waals surface area contributed by atoms with Gasteiger partial charge in [-0.2, -0.15) is 9.30 Å². The van der Waals surface area contributed by atoms with Gasteiger partial charge in [-0.1, -0.05) is 23.8 Å². The van der Waals surface area contributed by atoms with Crippen molar-refractivity contribution in [1.29, 1.82) is 0 Å². The van der Waals surface area contributed by atoms with E-state index in [-0.39, 0.29) is 27.3 Å². The molecule has 1 saturated heterocycles. The van der Waals surface area contributed by atoms with Crippen molar-refractivity contribution in [1.82, 2.24) is 8.87 Å². The number of piperidine rings is 1. The lowest BCUT2D eigenvalue weighted by Gasteiger charge is -2.25. The van der Waals surface area contributed by atoms with Gasteiger partial charge in [0.05, 0.1) is 22.2 Å². The summed E-state index contributed by atoms with van der Waals surface area (Å²) in [6.45, 7) is 0.665. The third kappa shape index (κ3) is 4.75. The number of amides is 1. The molecule has 0 radical (unpaired) electrons. The first kappa shape index (κ1) is 23.3. The Hall–Kier alpha value is -2.89. The van der Waals surface area contributed by atoms with E-state index in [9.17, 15) is 22.4 Å². The third-order valence-corrected chi connectivity index (χ3v) is 8.37. The molecular weight excluding hydrogens is 469 g/mol. The van der Waals surface area contributed by atoms with E-state index in [0.717, 1.165) is 30.6 Å². The molecule has 0 saturated carbocycles. The van der Waals surface area contributed by atoms with Crippen LogP contribution in [0.5, 0.6) is 0 Å². The van der Waals surface area contributed by atoms with Crippen LogP contribution in [-0.4, -0.2) is 49.4 Å². The molecule has 33 heavy (non-hydrogen) atoms. The van der Waals surface area contributed by atoms with E-state index in [4.69, 9.17) is 0 Å². The average Bonchev–Trinajstić information content (AvgIpc) is 3.17.